The summed E-state index contributed by atoms with van der Waals surface area (Å²) >= 11 is 0. The summed E-state index contributed by atoms with van der Waals surface area (Å²) in [4.78, 5) is 22.8. The van der Waals surface area contributed by atoms with E-state index in [0.29, 0.717) is 12.1 Å². The van der Waals surface area contributed by atoms with Gasteiger partial charge in [0.1, 0.15) is 5.58 Å². The lowest BCUT2D eigenvalue weighted by molar-refractivity contribution is 0.0910. The second-order valence-corrected chi connectivity index (χ2v) is 3.59. The van der Waals surface area contributed by atoms with Crippen LogP contribution in [0.15, 0.2) is 34.7 Å². The van der Waals surface area contributed by atoms with E-state index in [9.17, 15) is 9.59 Å². The maximum Gasteiger partial charge on any atom is 0.333 e. The third-order valence-corrected chi connectivity index (χ3v) is 2.28. The first kappa shape index (κ1) is 12.0. The monoisotopic (exact) mass is 247 g/mol. The molecule has 0 unspecified atom stereocenters. The van der Waals surface area contributed by atoms with Crippen molar-refractivity contribution in [3.8, 4) is 0 Å². The maximum atomic E-state index is 11.7. The minimum absolute atomic E-state index is 0.146. The molecule has 18 heavy (non-hydrogen) atoms. The molecule has 0 spiro atoms. The number of rotatable bonds is 2. The second-order valence-electron chi connectivity index (χ2n) is 3.59. The maximum absolute atomic E-state index is 11.7. The van der Waals surface area contributed by atoms with E-state index in [0.717, 1.165) is 5.39 Å². The van der Waals surface area contributed by atoms with Gasteiger partial charge in [-0.3, -0.25) is 10.2 Å². The predicted octanol–water partition coefficient (Wildman–Crippen LogP) is 1.40. The number of para-hydroxylation sites is 1. The quantitative estimate of drug-likeness (QED) is 0.701. The number of benzene rings is 1. The van der Waals surface area contributed by atoms with Crippen LogP contribution in [0.1, 0.15) is 17.5 Å². The number of hydrogen-bond donors (Lipinski definition) is 3. The molecule has 2 rings (SSSR count). The number of furan rings is 1. The molecule has 3 N–H and O–H groups in total. The van der Waals surface area contributed by atoms with E-state index in [1.807, 2.05) is 18.2 Å². The van der Waals surface area contributed by atoms with Crippen LogP contribution in [-0.2, 0) is 0 Å². The Balaban J connectivity index is 2.02. The number of carbonyl (C=O) groups is 2. The van der Waals surface area contributed by atoms with E-state index in [4.69, 9.17) is 4.42 Å². The minimum atomic E-state index is -0.502. The van der Waals surface area contributed by atoms with Crippen LogP contribution >= 0.6 is 0 Å². The van der Waals surface area contributed by atoms with Gasteiger partial charge in [-0.2, -0.15) is 0 Å². The van der Waals surface area contributed by atoms with E-state index in [1.54, 1.807) is 19.1 Å². The second kappa shape index (κ2) is 5.22. The van der Waals surface area contributed by atoms with Crippen LogP contribution in [0, 0.1) is 0 Å². The summed E-state index contributed by atoms with van der Waals surface area (Å²) in [5, 5.41) is 3.32. The van der Waals surface area contributed by atoms with Gasteiger partial charge in [0.15, 0.2) is 5.76 Å². The molecule has 0 fully saturated rings. The van der Waals surface area contributed by atoms with Crippen LogP contribution in [0.3, 0.4) is 0 Å². The van der Waals surface area contributed by atoms with Gasteiger partial charge in [-0.15, -0.1) is 0 Å². The van der Waals surface area contributed by atoms with Crippen LogP contribution in [0.5, 0.6) is 0 Å². The molecule has 1 heterocycles. The third-order valence-electron chi connectivity index (χ3n) is 2.28. The molecule has 6 heteroatoms. The number of carbonyl (C=O) groups excluding carboxylic acids is 2. The van der Waals surface area contributed by atoms with Crippen molar-refractivity contribution < 1.29 is 14.0 Å². The Morgan fingerprint density at radius 3 is 2.72 bits per heavy atom. The lowest BCUT2D eigenvalue weighted by Crippen LogP contribution is -2.46. The Morgan fingerprint density at radius 1 is 1.22 bits per heavy atom. The summed E-state index contributed by atoms with van der Waals surface area (Å²) in [5.74, 6) is -0.356. The van der Waals surface area contributed by atoms with Gasteiger partial charge < -0.3 is 9.73 Å². The normalized spacial score (nSPS) is 10.1. The molecule has 0 aliphatic rings. The molecule has 2 aromatic rings. The molecule has 6 nitrogen and oxygen atoms in total. The summed E-state index contributed by atoms with van der Waals surface area (Å²) in [5.41, 5.74) is 5.09. The summed E-state index contributed by atoms with van der Waals surface area (Å²) in [6.45, 7) is 2.26. The van der Waals surface area contributed by atoms with Crippen LogP contribution in [-0.4, -0.2) is 18.5 Å². The van der Waals surface area contributed by atoms with E-state index in [2.05, 4.69) is 16.2 Å². The van der Waals surface area contributed by atoms with Gasteiger partial charge in [-0.1, -0.05) is 18.2 Å². The van der Waals surface area contributed by atoms with Gasteiger partial charge in [0.05, 0.1) is 0 Å². The van der Waals surface area contributed by atoms with Crippen molar-refractivity contribution in [2.45, 2.75) is 6.92 Å². The summed E-state index contributed by atoms with van der Waals surface area (Å²) < 4.78 is 5.34. The average Bonchev–Trinajstić information content (AvgIpc) is 2.80. The van der Waals surface area contributed by atoms with Crippen LogP contribution in [0.25, 0.3) is 11.0 Å². The van der Waals surface area contributed by atoms with Crippen LogP contribution in [0.4, 0.5) is 4.79 Å². The Morgan fingerprint density at radius 2 is 2.00 bits per heavy atom. The number of hydrogen-bond acceptors (Lipinski definition) is 3. The van der Waals surface area contributed by atoms with Gasteiger partial charge in [0.25, 0.3) is 0 Å². The lowest BCUT2D eigenvalue weighted by Gasteiger charge is -2.05. The highest BCUT2D eigenvalue weighted by Gasteiger charge is 2.12. The highest BCUT2D eigenvalue weighted by Crippen LogP contribution is 2.18. The highest BCUT2D eigenvalue weighted by atomic mass is 16.3. The Kier molecular flexibility index (Phi) is 3.47. The number of nitrogens with one attached hydrogen (secondary N) is 3. The number of amides is 3. The molecule has 3 amide bonds. The van der Waals surface area contributed by atoms with Crippen molar-refractivity contribution in [2.75, 3.05) is 6.54 Å². The van der Waals surface area contributed by atoms with Gasteiger partial charge >= 0.3 is 11.9 Å². The zero-order chi connectivity index (χ0) is 13.0. The highest BCUT2D eigenvalue weighted by molar-refractivity contribution is 5.96. The van der Waals surface area contributed by atoms with Gasteiger partial charge in [-0.05, 0) is 19.1 Å². The summed E-state index contributed by atoms with van der Waals surface area (Å²) in [7, 11) is 0. The number of hydrazine groups is 1. The van der Waals surface area contributed by atoms with Crippen molar-refractivity contribution in [2.24, 2.45) is 0 Å². The fourth-order valence-corrected chi connectivity index (χ4v) is 1.47. The Hall–Kier alpha value is -2.50. The van der Waals surface area contributed by atoms with E-state index < -0.39 is 11.9 Å². The molecule has 1 aromatic heterocycles. The molecule has 0 radical (unpaired) electrons. The summed E-state index contributed by atoms with van der Waals surface area (Å²) in [6, 6.07) is 8.43. The zero-order valence-corrected chi connectivity index (χ0v) is 9.82. The molecule has 94 valence electrons. The third kappa shape index (κ3) is 2.60. The molecule has 0 aliphatic carbocycles. The van der Waals surface area contributed by atoms with Crippen molar-refractivity contribution in [1.29, 1.82) is 0 Å². The lowest BCUT2D eigenvalue weighted by atomic mass is 10.2. The molecule has 1 aromatic carbocycles. The predicted molar refractivity (Wildman–Crippen MR) is 65.9 cm³/mol. The largest absolute Gasteiger partial charge is 0.451 e. The molecule has 0 bridgehead atoms. The molecular weight excluding hydrogens is 234 g/mol. The van der Waals surface area contributed by atoms with Gasteiger partial charge in [0, 0.05) is 11.9 Å². The number of fused-ring (bicyclic) bond motifs is 1. The molecule has 0 atom stereocenters. The first-order valence-electron chi connectivity index (χ1n) is 5.53. The van der Waals surface area contributed by atoms with E-state index in [1.165, 1.54) is 0 Å². The Labute approximate surface area is 103 Å². The SMILES string of the molecule is CCNC(=O)NNC(=O)c1cc2ccccc2o1. The van der Waals surface area contributed by atoms with Gasteiger partial charge in [-0.25, -0.2) is 10.2 Å². The van der Waals surface area contributed by atoms with E-state index >= 15 is 0 Å². The average molecular weight is 247 g/mol. The standard InChI is InChI=1S/C12H13N3O3/c1-2-13-12(17)15-14-11(16)10-7-8-5-3-4-6-9(8)18-10/h3-7H,2H2,1H3,(H,14,16)(H2,13,15,17). The molecular formula is C12H13N3O3. The molecule has 0 saturated carbocycles. The van der Waals surface area contributed by atoms with E-state index in [-0.39, 0.29) is 5.76 Å². The molecule has 0 saturated heterocycles. The first-order chi connectivity index (χ1) is 8.70. The Bertz CT molecular complexity index is 544. The fraction of sp³-hybridized carbons (Fsp3) is 0.167. The minimum Gasteiger partial charge on any atom is -0.451 e. The fourth-order valence-electron chi connectivity index (χ4n) is 1.47. The topological polar surface area (TPSA) is 83.4 Å². The molecule has 0 aliphatic heterocycles. The van der Waals surface area contributed by atoms with Crippen molar-refractivity contribution in [3.63, 3.8) is 0 Å². The number of urea groups is 1. The van der Waals surface area contributed by atoms with Crippen LogP contribution in [0.2, 0.25) is 0 Å². The zero-order valence-electron chi connectivity index (χ0n) is 9.82. The van der Waals surface area contributed by atoms with Crippen molar-refractivity contribution in [1.82, 2.24) is 16.2 Å². The van der Waals surface area contributed by atoms with Crippen molar-refractivity contribution in [3.05, 3.63) is 36.1 Å². The summed E-state index contributed by atoms with van der Waals surface area (Å²) in [6.07, 6.45) is 0. The van der Waals surface area contributed by atoms with Gasteiger partial charge in [0.2, 0.25) is 0 Å². The van der Waals surface area contributed by atoms with Crippen LogP contribution < -0.4 is 16.2 Å². The van der Waals surface area contributed by atoms with Crippen molar-refractivity contribution >= 4 is 22.9 Å². The first-order valence-corrected chi connectivity index (χ1v) is 5.53. The smallest absolute Gasteiger partial charge is 0.333 e.